The fraction of sp³-hybridized carbons (Fsp3) is 0.419. The van der Waals surface area contributed by atoms with Gasteiger partial charge in [0.15, 0.2) is 0 Å². The van der Waals surface area contributed by atoms with Crippen molar-refractivity contribution in [1.82, 2.24) is 15.4 Å². The second-order valence-electron chi connectivity index (χ2n) is 15.7. The summed E-state index contributed by atoms with van der Waals surface area (Å²) in [5, 5.41) is 19.6. The number of hydrogen-bond donors (Lipinski definition) is 2. The zero-order valence-electron chi connectivity index (χ0n) is 31.0. The first-order valence-corrected chi connectivity index (χ1v) is 19.1. The number of nitriles is 1. The molecule has 2 saturated carbocycles. The normalized spacial score (nSPS) is 21.7. The van der Waals surface area contributed by atoms with Crippen LogP contribution in [0.4, 0.5) is 21.5 Å². The van der Waals surface area contributed by atoms with Crippen molar-refractivity contribution in [2.45, 2.75) is 90.1 Å². The standard InChI is InChI=1S/C43H45FN6O4/c1-25-4-9-30(40-26(2)48-54-27(40)3)19-38(25)49(33-12-10-32(11-13-33)43(24-45)16-17-43)22-29-7-5-28(6-8-29)21-46-36-18-31-23-50(42(53)34(31)20-35(36)44)37-14-15-39(51)47-41(37)52/h4,9-13,18-20,28-29,37,46H,5-8,14-17,21-23H2,1-3H3,(H,47,51,52). The third-order valence-electron chi connectivity index (χ3n) is 12.1. The predicted octanol–water partition coefficient (Wildman–Crippen LogP) is 7.78. The Hall–Kier alpha value is -5.50. The minimum atomic E-state index is -0.735. The fourth-order valence-corrected chi connectivity index (χ4v) is 8.70. The SMILES string of the molecule is Cc1ccc(-c2c(C)noc2C)cc1N(CC1CCC(CNc2cc3c(cc2F)C(=O)N(C2CCC(=O)NC2=O)C3)CC1)c1ccc(C2(C#N)CC2)cc1. The van der Waals surface area contributed by atoms with Crippen molar-refractivity contribution in [3.63, 3.8) is 0 Å². The lowest BCUT2D eigenvalue weighted by molar-refractivity contribution is -0.136. The Labute approximate surface area is 314 Å². The van der Waals surface area contributed by atoms with E-state index in [1.165, 1.54) is 16.5 Å². The molecule has 3 heterocycles. The van der Waals surface area contributed by atoms with Crippen molar-refractivity contribution < 1.29 is 23.3 Å². The molecule has 1 atom stereocenters. The Morgan fingerprint density at radius 3 is 2.41 bits per heavy atom. The molecule has 0 spiro atoms. The molecule has 11 heteroatoms. The molecule has 54 heavy (non-hydrogen) atoms. The van der Waals surface area contributed by atoms with Crippen LogP contribution >= 0.6 is 0 Å². The third-order valence-corrected chi connectivity index (χ3v) is 12.1. The first-order chi connectivity index (χ1) is 26.0. The van der Waals surface area contributed by atoms with Gasteiger partial charge in [0.2, 0.25) is 11.8 Å². The van der Waals surface area contributed by atoms with Crippen LogP contribution in [0, 0.1) is 49.8 Å². The number of carbonyl (C=O) groups is 3. The van der Waals surface area contributed by atoms with Crippen molar-refractivity contribution in [1.29, 1.82) is 5.26 Å². The quantitative estimate of drug-likeness (QED) is 0.158. The zero-order chi connectivity index (χ0) is 37.7. The molecule has 0 bridgehead atoms. The molecule has 4 aromatic rings. The largest absolute Gasteiger partial charge is 0.382 e. The maximum Gasteiger partial charge on any atom is 0.255 e. The summed E-state index contributed by atoms with van der Waals surface area (Å²) in [5.74, 6) is -0.0876. The van der Waals surface area contributed by atoms with Crippen LogP contribution in [0.25, 0.3) is 11.1 Å². The Bertz CT molecular complexity index is 2160. The first kappa shape index (κ1) is 35.5. The van der Waals surface area contributed by atoms with E-state index < -0.39 is 17.8 Å². The van der Waals surface area contributed by atoms with Crippen LogP contribution in [0.1, 0.15) is 89.9 Å². The minimum Gasteiger partial charge on any atom is -0.382 e. The molecule has 1 saturated heterocycles. The number of piperidine rings is 1. The van der Waals surface area contributed by atoms with Gasteiger partial charge in [0.1, 0.15) is 17.6 Å². The fourth-order valence-electron chi connectivity index (χ4n) is 8.70. The lowest BCUT2D eigenvalue weighted by Gasteiger charge is -2.35. The van der Waals surface area contributed by atoms with E-state index in [4.69, 9.17) is 4.52 Å². The summed E-state index contributed by atoms with van der Waals surface area (Å²) in [5.41, 5.74) is 8.39. The average Bonchev–Trinajstić information content (AvgIpc) is 3.82. The molecule has 278 valence electrons. The van der Waals surface area contributed by atoms with Crippen LogP contribution in [0.15, 0.2) is 59.1 Å². The molecule has 3 fully saturated rings. The van der Waals surface area contributed by atoms with Crippen molar-refractivity contribution in [3.8, 4) is 17.2 Å². The van der Waals surface area contributed by atoms with Gasteiger partial charge in [-0.25, -0.2) is 4.39 Å². The molecule has 8 rings (SSSR count). The number of benzene rings is 3. The second kappa shape index (κ2) is 14.0. The predicted molar refractivity (Wildman–Crippen MR) is 203 cm³/mol. The summed E-state index contributed by atoms with van der Waals surface area (Å²) < 4.78 is 20.8. The number of rotatable bonds is 10. The first-order valence-electron chi connectivity index (χ1n) is 19.1. The van der Waals surface area contributed by atoms with Gasteiger partial charge in [-0.3, -0.25) is 19.7 Å². The molecular formula is C43H45FN6O4. The van der Waals surface area contributed by atoms with Gasteiger partial charge in [-0.05, 0) is 130 Å². The number of carbonyl (C=O) groups excluding carboxylic acids is 3. The molecular weight excluding hydrogens is 684 g/mol. The highest BCUT2D eigenvalue weighted by molar-refractivity contribution is 6.05. The molecule has 10 nitrogen and oxygen atoms in total. The molecule has 4 aliphatic rings. The van der Waals surface area contributed by atoms with E-state index in [0.29, 0.717) is 29.6 Å². The van der Waals surface area contributed by atoms with Gasteiger partial charge in [0, 0.05) is 48.6 Å². The Morgan fingerprint density at radius 1 is 1.00 bits per heavy atom. The maximum absolute atomic E-state index is 15.3. The number of aryl methyl sites for hydroxylation is 3. The van der Waals surface area contributed by atoms with Gasteiger partial charge in [-0.2, -0.15) is 5.26 Å². The van der Waals surface area contributed by atoms with Crippen molar-refractivity contribution in [2.75, 3.05) is 23.3 Å². The number of aromatic nitrogens is 1. The lowest BCUT2D eigenvalue weighted by atomic mass is 9.81. The monoisotopic (exact) mass is 728 g/mol. The summed E-state index contributed by atoms with van der Waals surface area (Å²) in [6, 6.07) is 19.9. The third kappa shape index (κ3) is 6.63. The van der Waals surface area contributed by atoms with Crippen LogP contribution in [-0.2, 0) is 21.5 Å². The molecule has 1 unspecified atom stereocenters. The lowest BCUT2D eigenvalue weighted by Crippen LogP contribution is -2.52. The van der Waals surface area contributed by atoms with Gasteiger partial charge < -0.3 is 19.6 Å². The molecule has 1 aromatic heterocycles. The summed E-state index contributed by atoms with van der Waals surface area (Å²) in [4.78, 5) is 41.1. The van der Waals surface area contributed by atoms with Crippen molar-refractivity contribution in [3.05, 3.63) is 94.1 Å². The smallest absolute Gasteiger partial charge is 0.255 e. The van der Waals surface area contributed by atoms with Crippen LogP contribution in [0.5, 0.6) is 0 Å². The summed E-state index contributed by atoms with van der Waals surface area (Å²) >= 11 is 0. The summed E-state index contributed by atoms with van der Waals surface area (Å²) in [6.07, 6.45) is 6.32. The van der Waals surface area contributed by atoms with E-state index in [1.807, 2.05) is 13.8 Å². The van der Waals surface area contributed by atoms with Gasteiger partial charge in [-0.15, -0.1) is 0 Å². The van der Waals surface area contributed by atoms with Gasteiger partial charge in [0.05, 0.1) is 22.9 Å². The maximum atomic E-state index is 15.3. The van der Waals surface area contributed by atoms with Gasteiger partial charge in [0.25, 0.3) is 5.91 Å². The van der Waals surface area contributed by atoms with Crippen molar-refractivity contribution in [2.24, 2.45) is 11.8 Å². The molecule has 3 aromatic carbocycles. The number of hydrogen-bond acceptors (Lipinski definition) is 8. The second-order valence-corrected chi connectivity index (χ2v) is 15.7. The highest BCUT2D eigenvalue weighted by Crippen LogP contribution is 2.48. The number of nitrogens with zero attached hydrogens (tertiary/aromatic N) is 4. The summed E-state index contributed by atoms with van der Waals surface area (Å²) in [6.45, 7) is 7.73. The average molecular weight is 729 g/mol. The van der Waals surface area contributed by atoms with E-state index in [1.54, 1.807) is 6.07 Å². The van der Waals surface area contributed by atoms with Crippen molar-refractivity contribution >= 4 is 34.8 Å². The molecule has 2 aliphatic carbocycles. The molecule has 2 N–H and O–H groups in total. The number of amides is 3. The highest BCUT2D eigenvalue weighted by atomic mass is 19.1. The molecule has 2 aliphatic heterocycles. The van der Waals surface area contributed by atoms with E-state index in [0.717, 1.165) is 84.6 Å². The van der Waals surface area contributed by atoms with Crippen LogP contribution in [-0.4, -0.2) is 46.9 Å². The highest BCUT2D eigenvalue weighted by Gasteiger charge is 2.45. The number of imide groups is 1. The van der Waals surface area contributed by atoms with E-state index in [-0.39, 0.29) is 42.2 Å². The van der Waals surface area contributed by atoms with Gasteiger partial charge in [-0.1, -0.05) is 29.4 Å². The van der Waals surface area contributed by atoms with E-state index in [9.17, 15) is 19.6 Å². The van der Waals surface area contributed by atoms with Crippen LogP contribution in [0.3, 0.4) is 0 Å². The van der Waals surface area contributed by atoms with E-state index >= 15 is 4.39 Å². The number of nitrogens with one attached hydrogen (secondary N) is 2. The van der Waals surface area contributed by atoms with Crippen LogP contribution < -0.4 is 15.5 Å². The minimum absolute atomic E-state index is 0.172. The molecule has 0 radical (unpaired) electrons. The Balaban J connectivity index is 0.949. The topological polar surface area (TPSA) is 132 Å². The van der Waals surface area contributed by atoms with Gasteiger partial charge >= 0.3 is 0 Å². The number of fused-ring (bicyclic) bond motifs is 1. The summed E-state index contributed by atoms with van der Waals surface area (Å²) in [7, 11) is 0. The molecule has 3 amide bonds. The number of halogens is 1. The Morgan fingerprint density at radius 2 is 1.74 bits per heavy atom. The number of anilines is 3. The zero-order valence-corrected chi connectivity index (χ0v) is 31.0. The van der Waals surface area contributed by atoms with Crippen LogP contribution in [0.2, 0.25) is 0 Å². The van der Waals surface area contributed by atoms with E-state index in [2.05, 4.69) is 76.1 Å². The Kier molecular flexibility index (Phi) is 9.24.